The smallest absolute Gasteiger partial charge is 0.217 e. The van der Waals surface area contributed by atoms with E-state index in [2.05, 4.69) is 5.32 Å². The Morgan fingerprint density at radius 3 is 2.31 bits per heavy atom. The van der Waals surface area contributed by atoms with Crippen molar-refractivity contribution in [2.75, 3.05) is 0 Å². The van der Waals surface area contributed by atoms with Crippen LogP contribution in [-0.4, -0.2) is 5.91 Å². The first-order chi connectivity index (χ1) is 6.09. The maximum absolute atomic E-state index is 10.8. The summed E-state index contributed by atoms with van der Waals surface area (Å²) in [5.41, 5.74) is 2.37. The molecule has 0 fully saturated rings. The second-order valence-electron chi connectivity index (χ2n) is 3.33. The Morgan fingerprint density at radius 1 is 1.31 bits per heavy atom. The zero-order valence-corrected chi connectivity index (χ0v) is 8.29. The molecule has 1 amide bonds. The summed E-state index contributed by atoms with van der Waals surface area (Å²) >= 11 is 0. The van der Waals surface area contributed by atoms with Gasteiger partial charge < -0.3 is 5.32 Å². The number of carbonyl (C=O) groups excluding carboxylic acids is 1. The van der Waals surface area contributed by atoms with Gasteiger partial charge in [-0.05, 0) is 19.4 Å². The van der Waals surface area contributed by atoms with E-state index in [1.807, 2.05) is 38.1 Å². The van der Waals surface area contributed by atoms with E-state index in [9.17, 15) is 4.79 Å². The summed E-state index contributed by atoms with van der Waals surface area (Å²) in [6, 6.07) is 8.27. The lowest BCUT2D eigenvalue weighted by atomic mass is 10.1. The fraction of sp³-hybridized carbons (Fsp3) is 0.364. The monoisotopic (exact) mass is 177 g/mol. The molecule has 0 radical (unpaired) electrons. The van der Waals surface area contributed by atoms with Gasteiger partial charge in [-0.1, -0.05) is 29.8 Å². The SMILES string of the molecule is CC(=O)N[C@@H](C)c1ccc(C)cc1. The number of amides is 1. The average Bonchev–Trinajstić information content (AvgIpc) is 2.04. The van der Waals surface area contributed by atoms with Crippen LogP contribution in [0.3, 0.4) is 0 Å². The van der Waals surface area contributed by atoms with Crippen LogP contribution in [0.15, 0.2) is 24.3 Å². The molecule has 70 valence electrons. The maximum Gasteiger partial charge on any atom is 0.217 e. The Morgan fingerprint density at radius 2 is 1.85 bits per heavy atom. The van der Waals surface area contributed by atoms with Crippen molar-refractivity contribution < 1.29 is 4.79 Å². The molecule has 0 aliphatic heterocycles. The van der Waals surface area contributed by atoms with Crippen molar-refractivity contribution in [3.05, 3.63) is 35.4 Å². The number of rotatable bonds is 2. The molecule has 1 rings (SSSR count). The fourth-order valence-corrected chi connectivity index (χ4v) is 1.24. The largest absolute Gasteiger partial charge is 0.350 e. The lowest BCUT2D eigenvalue weighted by Gasteiger charge is -2.12. The molecule has 2 nitrogen and oxygen atoms in total. The van der Waals surface area contributed by atoms with Gasteiger partial charge >= 0.3 is 0 Å². The quantitative estimate of drug-likeness (QED) is 0.737. The molecular weight excluding hydrogens is 162 g/mol. The van der Waals surface area contributed by atoms with Crippen LogP contribution in [-0.2, 0) is 4.79 Å². The molecule has 0 saturated carbocycles. The van der Waals surface area contributed by atoms with Crippen molar-refractivity contribution in [3.8, 4) is 0 Å². The van der Waals surface area contributed by atoms with Crippen LogP contribution in [0.5, 0.6) is 0 Å². The third kappa shape index (κ3) is 2.90. The number of hydrogen-bond donors (Lipinski definition) is 1. The van der Waals surface area contributed by atoms with Crippen LogP contribution in [0.2, 0.25) is 0 Å². The van der Waals surface area contributed by atoms with Crippen molar-refractivity contribution in [1.82, 2.24) is 5.32 Å². The van der Waals surface area contributed by atoms with Gasteiger partial charge in [0.1, 0.15) is 0 Å². The molecular formula is C11H15NO. The molecule has 1 aromatic rings. The number of nitrogens with one attached hydrogen (secondary N) is 1. The summed E-state index contributed by atoms with van der Waals surface area (Å²) < 4.78 is 0. The number of aryl methyl sites for hydroxylation is 1. The molecule has 0 aliphatic rings. The lowest BCUT2D eigenvalue weighted by Crippen LogP contribution is -2.23. The maximum atomic E-state index is 10.8. The van der Waals surface area contributed by atoms with E-state index in [1.54, 1.807) is 0 Å². The molecule has 0 bridgehead atoms. The van der Waals surface area contributed by atoms with Gasteiger partial charge in [-0.2, -0.15) is 0 Å². The first kappa shape index (κ1) is 9.78. The third-order valence-corrected chi connectivity index (χ3v) is 2.00. The summed E-state index contributed by atoms with van der Waals surface area (Å²) in [4.78, 5) is 10.8. The molecule has 0 spiro atoms. The Labute approximate surface area is 79.0 Å². The summed E-state index contributed by atoms with van der Waals surface area (Å²) in [5, 5.41) is 2.84. The van der Waals surface area contributed by atoms with Gasteiger partial charge in [0.25, 0.3) is 0 Å². The van der Waals surface area contributed by atoms with E-state index in [4.69, 9.17) is 0 Å². The number of carbonyl (C=O) groups is 1. The normalized spacial score (nSPS) is 12.2. The van der Waals surface area contributed by atoms with Crippen LogP contribution in [0.1, 0.15) is 31.0 Å². The van der Waals surface area contributed by atoms with Gasteiger partial charge in [0, 0.05) is 6.92 Å². The summed E-state index contributed by atoms with van der Waals surface area (Å²) in [7, 11) is 0. The Bertz CT molecular complexity index is 289. The highest BCUT2D eigenvalue weighted by Gasteiger charge is 2.04. The van der Waals surface area contributed by atoms with Gasteiger partial charge in [-0.25, -0.2) is 0 Å². The van der Waals surface area contributed by atoms with Gasteiger partial charge in [-0.3, -0.25) is 4.79 Å². The van der Waals surface area contributed by atoms with E-state index in [-0.39, 0.29) is 11.9 Å². The molecule has 1 N–H and O–H groups in total. The standard InChI is InChI=1S/C11H15NO/c1-8-4-6-11(7-5-8)9(2)12-10(3)13/h4-7,9H,1-3H3,(H,12,13)/t9-/m0/s1. The number of benzene rings is 1. The Hall–Kier alpha value is -1.31. The Kier molecular flexibility index (Phi) is 3.07. The second-order valence-corrected chi connectivity index (χ2v) is 3.33. The van der Waals surface area contributed by atoms with Crippen LogP contribution in [0.25, 0.3) is 0 Å². The van der Waals surface area contributed by atoms with Gasteiger partial charge in [-0.15, -0.1) is 0 Å². The van der Waals surface area contributed by atoms with E-state index in [1.165, 1.54) is 12.5 Å². The highest BCUT2D eigenvalue weighted by Crippen LogP contribution is 2.12. The molecule has 2 heteroatoms. The minimum Gasteiger partial charge on any atom is -0.350 e. The molecule has 0 aromatic heterocycles. The molecule has 0 aliphatic carbocycles. The average molecular weight is 177 g/mol. The van der Waals surface area contributed by atoms with E-state index in [0.29, 0.717) is 0 Å². The lowest BCUT2D eigenvalue weighted by molar-refractivity contribution is -0.119. The second kappa shape index (κ2) is 4.08. The summed E-state index contributed by atoms with van der Waals surface area (Å²) in [6.45, 7) is 5.56. The van der Waals surface area contributed by atoms with E-state index < -0.39 is 0 Å². The highest BCUT2D eigenvalue weighted by atomic mass is 16.1. The molecule has 1 aromatic carbocycles. The minimum absolute atomic E-state index is 0.00748. The van der Waals surface area contributed by atoms with Crippen LogP contribution in [0.4, 0.5) is 0 Å². The van der Waals surface area contributed by atoms with Gasteiger partial charge in [0.05, 0.1) is 6.04 Å². The third-order valence-electron chi connectivity index (χ3n) is 2.00. The van der Waals surface area contributed by atoms with Crippen molar-refractivity contribution >= 4 is 5.91 Å². The fourth-order valence-electron chi connectivity index (χ4n) is 1.24. The summed E-state index contributed by atoms with van der Waals surface area (Å²) in [6.07, 6.45) is 0. The van der Waals surface area contributed by atoms with Crippen molar-refractivity contribution in [3.63, 3.8) is 0 Å². The molecule has 0 saturated heterocycles. The van der Waals surface area contributed by atoms with Gasteiger partial charge in [0.2, 0.25) is 5.91 Å². The van der Waals surface area contributed by atoms with Crippen LogP contribution >= 0.6 is 0 Å². The van der Waals surface area contributed by atoms with E-state index >= 15 is 0 Å². The molecule has 0 unspecified atom stereocenters. The van der Waals surface area contributed by atoms with Crippen LogP contribution in [0, 0.1) is 6.92 Å². The van der Waals surface area contributed by atoms with Gasteiger partial charge in [0.15, 0.2) is 0 Å². The zero-order chi connectivity index (χ0) is 9.84. The number of hydrogen-bond acceptors (Lipinski definition) is 1. The van der Waals surface area contributed by atoms with Crippen molar-refractivity contribution in [2.24, 2.45) is 0 Å². The van der Waals surface area contributed by atoms with Crippen molar-refractivity contribution in [1.29, 1.82) is 0 Å². The predicted molar refractivity (Wildman–Crippen MR) is 53.4 cm³/mol. The van der Waals surface area contributed by atoms with E-state index in [0.717, 1.165) is 5.56 Å². The zero-order valence-electron chi connectivity index (χ0n) is 8.29. The van der Waals surface area contributed by atoms with Crippen LogP contribution < -0.4 is 5.32 Å². The molecule has 13 heavy (non-hydrogen) atoms. The minimum atomic E-state index is 0.00748. The molecule has 1 atom stereocenters. The van der Waals surface area contributed by atoms with Crippen molar-refractivity contribution in [2.45, 2.75) is 26.8 Å². The Balaban J connectivity index is 2.71. The first-order valence-electron chi connectivity index (χ1n) is 4.43. The topological polar surface area (TPSA) is 29.1 Å². The predicted octanol–water partition coefficient (Wildman–Crippen LogP) is 2.19. The highest BCUT2D eigenvalue weighted by molar-refractivity contribution is 5.73. The molecule has 0 heterocycles. The summed E-state index contributed by atoms with van der Waals surface area (Å²) in [5.74, 6) is 0.00748. The first-order valence-corrected chi connectivity index (χ1v) is 4.43.